The molecule has 0 aliphatic heterocycles. The van der Waals surface area contributed by atoms with Gasteiger partial charge in [0, 0.05) is 98.1 Å². The summed E-state index contributed by atoms with van der Waals surface area (Å²) in [5.74, 6) is 0. The van der Waals surface area contributed by atoms with Crippen molar-refractivity contribution in [1.29, 1.82) is 47.4 Å². The van der Waals surface area contributed by atoms with Crippen LogP contribution in [0.4, 0.5) is 0 Å². The number of rotatable bonds is 9. The number of para-hydroxylation sites is 9. The monoisotopic (exact) mass is 1820 g/mol. The van der Waals surface area contributed by atoms with E-state index in [9.17, 15) is 0 Å². The SMILES string of the molecule is O.O.O.O.O.O.O.O.O.O.O.O.O.O.[C-]#N.[C-]#N.[C-]#N.[C-]#N.[C-]#N.[C-]#N.[C-]#N.[C-]#N.[C-]#N.[Fe+2].[Fe+3].[Fe+3].[Mn+3].[Na+].c1ccc2c(c1)cnn2[BH-](n1ncc2ccccc21)n1ncc2ccccc21.c1ccc2c(c1)cnn2[BH-](n1ncc2ccccc21)n1ncc2ccccc21.c1ccc2c(c1)cnn2[BH-](n1ncc2ccccc21)n1ncc2ccccc21. The second-order valence-corrected chi connectivity index (χ2v) is 21.1. The van der Waals surface area contributed by atoms with E-state index < -0.39 is 21.4 Å². The second-order valence-electron chi connectivity index (χ2n) is 21.1. The summed E-state index contributed by atoms with van der Waals surface area (Å²) in [7, 11) is -4.39. The van der Waals surface area contributed by atoms with Gasteiger partial charge >= 0.3 is 119 Å². The van der Waals surface area contributed by atoms with Crippen molar-refractivity contribution >= 4 is 119 Å². The van der Waals surface area contributed by atoms with Gasteiger partial charge in [0.05, 0.1) is 55.8 Å². The molecule has 18 aromatic rings. The van der Waals surface area contributed by atoms with E-state index >= 15 is 0 Å². The molecule has 18 rings (SSSR count). The largest absolute Gasteiger partial charge is 3.00 e. The summed E-state index contributed by atoms with van der Waals surface area (Å²) in [6.07, 6.45) is 17.2. The molecule has 9 heterocycles. The number of hydrogen-bond donors (Lipinski definition) is 0. The Kier molecular flexibility index (Phi) is 78.3. The fourth-order valence-corrected chi connectivity index (χ4v) is 12.4. The Morgan fingerprint density at radius 2 is 0.248 bits per heavy atom. The van der Waals surface area contributed by atoms with Crippen LogP contribution in [-0.4, -0.2) is 185 Å². The molecule has 28 N–H and O–H groups in total. The minimum Gasteiger partial charge on any atom is -0.512 e. The van der Waals surface area contributed by atoms with Gasteiger partial charge < -0.3 is 225 Å². The van der Waals surface area contributed by atoms with Crippen molar-refractivity contribution in [2.24, 2.45) is 0 Å². The molecule has 0 aliphatic carbocycles. The van der Waals surface area contributed by atoms with E-state index in [0.717, 1.165) is 98.1 Å². The molecule has 0 spiro atoms. The van der Waals surface area contributed by atoms with Gasteiger partial charge in [0.1, 0.15) is 0 Å². The molecule has 2 radical (unpaired) electrons. The molecule has 49 heteroatoms. The van der Waals surface area contributed by atoms with Gasteiger partial charge in [0.2, 0.25) is 0 Å². The van der Waals surface area contributed by atoms with Gasteiger partial charge in [0.15, 0.2) is 0 Å². The van der Waals surface area contributed by atoms with Crippen LogP contribution in [0.1, 0.15) is 0 Å². The summed E-state index contributed by atoms with van der Waals surface area (Å²) in [6.45, 7) is 42.8. The number of fused-ring (bicyclic) bond motifs is 9. The first kappa shape index (κ1) is 136. The third-order valence-electron chi connectivity index (χ3n) is 16.4. The zero-order chi connectivity index (χ0) is 73.5. The number of hydrogen-bond acceptors (Lipinski definition) is 18. The quantitative estimate of drug-likeness (QED) is 0.1000. The minimum atomic E-state index is -1.46. The topological polar surface area (TPSA) is 815 Å². The first-order valence-electron chi connectivity index (χ1n) is 30.0. The Labute approximate surface area is 756 Å². The number of benzene rings is 9. The summed E-state index contributed by atoms with van der Waals surface area (Å²) < 4.78 is 18.6. The molecule has 41 nitrogen and oxygen atoms in total. The molecule has 0 unspecified atom stereocenters. The molecule has 0 saturated heterocycles. The van der Waals surface area contributed by atoms with E-state index in [1.54, 1.807) is 0 Å². The first-order chi connectivity index (χ1) is 50.7. The van der Waals surface area contributed by atoms with Crippen LogP contribution in [0.5, 0.6) is 0 Å². The molecule has 0 saturated carbocycles. The van der Waals surface area contributed by atoms with Crippen LogP contribution in [0.15, 0.2) is 274 Å². The van der Waals surface area contributed by atoms with Gasteiger partial charge in [-0.3, -0.25) is 0 Å². The van der Waals surface area contributed by atoms with Crippen molar-refractivity contribution in [2.45, 2.75) is 0 Å². The average Bonchev–Trinajstić information content (AvgIpc) is 1.62. The normalized spacial score (nSPS) is 8.40. The van der Waals surface area contributed by atoms with Crippen LogP contribution in [-0.2, 0) is 68.3 Å². The zero-order valence-electron chi connectivity index (χ0n) is 63.1. The summed E-state index contributed by atoms with van der Waals surface area (Å²) in [5, 5.41) is 109. The van der Waals surface area contributed by atoms with Gasteiger partial charge in [-0.05, 0) is 54.6 Å². The summed E-state index contributed by atoms with van der Waals surface area (Å²) >= 11 is 0. The van der Waals surface area contributed by atoms with Gasteiger partial charge in [-0.1, -0.05) is 164 Å². The molecule has 9 aromatic carbocycles. The average molecular weight is 1820 g/mol. The van der Waals surface area contributed by atoms with Crippen LogP contribution in [0, 0.1) is 107 Å². The summed E-state index contributed by atoms with van der Waals surface area (Å²) in [5.41, 5.74) is 9.64. The van der Waals surface area contributed by atoms with Crippen LogP contribution in [0.2, 0.25) is 0 Å². The third-order valence-corrected chi connectivity index (χ3v) is 16.4. The predicted octanol–water partition coefficient (Wildman–Crippen LogP) is -3.49. The van der Waals surface area contributed by atoms with E-state index in [-0.39, 0.29) is 174 Å². The van der Waals surface area contributed by atoms with Crippen LogP contribution >= 0.6 is 0 Å². The van der Waals surface area contributed by atoms with E-state index in [1.165, 1.54) is 0 Å². The van der Waals surface area contributed by atoms with Crippen molar-refractivity contribution < 1.29 is 174 Å². The summed E-state index contributed by atoms with van der Waals surface area (Å²) in [4.78, 5) is 0. The maximum absolute atomic E-state index is 6.25. The first-order valence-corrected chi connectivity index (χ1v) is 30.0. The van der Waals surface area contributed by atoms with E-state index in [2.05, 4.69) is 151 Å². The Morgan fingerprint density at radius 1 is 0.174 bits per heavy atom. The predicted molar refractivity (Wildman–Crippen MR) is 433 cm³/mol. The Balaban J connectivity index is -0.000000112. The maximum atomic E-state index is 6.25. The van der Waals surface area contributed by atoms with E-state index in [4.69, 9.17) is 152 Å². The molecular formula is C72H76B3Fe3MnN27NaO14. The van der Waals surface area contributed by atoms with Crippen molar-refractivity contribution in [3.63, 3.8) is 0 Å². The van der Waals surface area contributed by atoms with Gasteiger partial charge in [-0.25, -0.2) is 45.9 Å². The van der Waals surface area contributed by atoms with Crippen LogP contribution < -0.4 is 29.6 Å². The van der Waals surface area contributed by atoms with Gasteiger partial charge in [-0.15, -0.1) is 0 Å². The Morgan fingerprint density at radius 3 is 0.331 bits per heavy atom. The molecule has 9 aromatic heterocycles. The molecule has 0 amide bonds. The Hall–Kier alpha value is -13.7. The van der Waals surface area contributed by atoms with Gasteiger partial charge in [0.25, 0.3) is 0 Å². The number of nitrogens with zero attached hydrogens (tertiary/aromatic N) is 27. The molecule has 121 heavy (non-hydrogen) atoms. The smallest absolute Gasteiger partial charge is 0.512 e. The van der Waals surface area contributed by atoms with E-state index in [1.807, 2.05) is 165 Å². The van der Waals surface area contributed by atoms with Crippen molar-refractivity contribution in [2.75, 3.05) is 0 Å². The Bertz CT molecular complexity index is 4860. The molecule has 0 atom stereocenters. The van der Waals surface area contributed by atoms with Crippen LogP contribution in [0.25, 0.3) is 98.1 Å². The molecule has 0 aliphatic rings. The second kappa shape index (κ2) is 69.5. The fourth-order valence-electron chi connectivity index (χ4n) is 12.4. The van der Waals surface area contributed by atoms with Crippen molar-refractivity contribution in [3.05, 3.63) is 333 Å². The summed E-state index contributed by atoms with van der Waals surface area (Å²) in [6, 6.07) is 74.3. The molecule has 624 valence electrons. The van der Waals surface area contributed by atoms with Crippen molar-refractivity contribution in [3.8, 4) is 0 Å². The molecular weight excluding hydrogens is 1740 g/mol. The zero-order valence-corrected chi connectivity index (χ0v) is 69.6. The minimum absolute atomic E-state index is 0. The van der Waals surface area contributed by atoms with Gasteiger partial charge in [-0.2, -0.15) is 0 Å². The standard InChI is InChI=1S/3C21H16BN6.9CN.3Fe.Mn.Na.14H2O/c3*1-4-10-19-16(7-1)13-23-26(19)22(27-20-11-5-2-8-17(20)14-24-27)28-21-12-6-3-9-18(21)15-25-28;9*1-2;;;;;;;;;;;;;;;;;;;/h3*1-15,22H;;;;;;;;;;;;;;;14*1H2/q12*-1;+2;3*+3;+1;;;;;;;;;;;;;;. The molecule has 0 fully saturated rings. The molecule has 0 bridgehead atoms. The maximum Gasteiger partial charge on any atom is 3.00 e. The van der Waals surface area contributed by atoms with Crippen molar-refractivity contribution in [1.82, 2.24) is 87.2 Å². The fraction of sp³-hybridized carbons (Fsp3) is 0. The van der Waals surface area contributed by atoms with Crippen LogP contribution in [0.3, 0.4) is 0 Å². The van der Waals surface area contributed by atoms with E-state index in [0.29, 0.717) is 0 Å². The third kappa shape index (κ3) is 28.3. The number of aromatic nitrogens is 18.